The van der Waals surface area contributed by atoms with E-state index in [4.69, 9.17) is 0 Å². The molecule has 2 aromatic rings. The fourth-order valence-corrected chi connectivity index (χ4v) is 1.72. The minimum Gasteiger partial charge on any atom is -0.507 e. The molecular weight excluding hydrogens is 240 g/mol. The van der Waals surface area contributed by atoms with Gasteiger partial charge in [0, 0.05) is 6.21 Å². The van der Waals surface area contributed by atoms with E-state index in [2.05, 4.69) is 10.5 Å². The van der Waals surface area contributed by atoms with E-state index in [0.717, 1.165) is 10.8 Å². The number of hydrazone groups is 1. The number of amides is 1. The highest BCUT2D eigenvalue weighted by atomic mass is 16.3. The van der Waals surface area contributed by atoms with E-state index in [1.165, 1.54) is 0 Å². The normalized spacial score (nSPS) is 11.3. The predicted molar refractivity (Wildman–Crippen MR) is 76.4 cm³/mol. The van der Waals surface area contributed by atoms with Gasteiger partial charge in [0.25, 0.3) is 5.91 Å². The van der Waals surface area contributed by atoms with Gasteiger partial charge in [0.2, 0.25) is 0 Å². The molecule has 0 unspecified atom stereocenters. The number of nitrogens with one attached hydrogen (secondary N) is 1. The number of carbonyl (C=O) groups is 1. The molecule has 0 spiro atoms. The SMILES string of the molecule is CC(C)/C=N/NC(=O)c1cc2ccccc2cc1O. The van der Waals surface area contributed by atoms with Crippen LogP contribution in [-0.2, 0) is 0 Å². The molecular formula is C15H16N2O2. The first-order valence-electron chi connectivity index (χ1n) is 6.13. The summed E-state index contributed by atoms with van der Waals surface area (Å²) in [5.41, 5.74) is 2.63. The Morgan fingerprint density at radius 2 is 1.89 bits per heavy atom. The first kappa shape index (κ1) is 13.1. The number of phenols is 1. The number of nitrogens with zero attached hydrogens (tertiary/aromatic N) is 1. The van der Waals surface area contributed by atoms with Crippen LogP contribution in [0.4, 0.5) is 0 Å². The maximum Gasteiger partial charge on any atom is 0.275 e. The highest BCUT2D eigenvalue weighted by Crippen LogP contribution is 2.24. The van der Waals surface area contributed by atoms with Crippen LogP contribution in [0.5, 0.6) is 5.75 Å². The molecule has 0 heterocycles. The highest BCUT2D eigenvalue weighted by molar-refractivity contribution is 6.01. The molecule has 0 aliphatic rings. The lowest BCUT2D eigenvalue weighted by molar-refractivity contribution is 0.0952. The van der Waals surface area contributed by atoms with Crippen molar-refractivity contribution in [2.24, 2.45) is 11.0 Å². The molecule has 2 N–H and O–H groups in total. The average Bonchev–Trinajstić information content (AvgIpc) is 2.37. The number of fused-ring (bicyclic) bond motifs is 1. The lowest BCUT2D eigenvalue weighted by Crippen LogP contribution is -2.18. The van der Waals surface area contributed by atoms with Crippen LogP contribution in [0.3, 0.4) is 0 Å². The maximum atomic E-state index is 11.9. The monoisotopic (exact) mass is 256 g/mol. The van der Waals surface area contributed by atoms with Gasteiger partial charge in [-0.25, -0.2) is 5.43 Å². The van der Waals surface area contributed by atoms with E-state index in [-0.39, 0.29) is 17.2 Å². The molecule has 0 aromatic heterocycles. The van der Waals surface area contributed by atoms with Gasteiger partial charge in [0.1, 0.15) is 5.75 Å². The molecule has 0 aliphatic carbocycles. The van der Waals surface area contributed by atoms with Gasteiger partial charge in [-0.3, -0.25) is 4.79 Å². The summed E-state index contributed by atoms with van der Waals surface area (Å²) in [6.45, 7) is 3.92. The first-order valence-corrected chi connectivity index (χ1v) is 6.13. The summed E-state index contributed by atoms with van der Waals surface area (Å²) >= 11 is 0. The smallest absolute Gasteiger partial charge is 0.275 e. The fourth-order valence-electron chi connectivity index (χ4n) is 1.72. The van der Waals surface area contributed by atoms with Crippen LogP contribution in [0.2, 0.25) is 0 Å². The zero-order valence-corrected chi connectivity index (χ0v) is 10.9. The van der Waals surface area contributed by atoms with Gasteiger partial charge in [-0.1, -0.05) is 38.1 Å². The van der Waals surface area contributed by atoms with E-state index >= 15 is 0 Å². The average molecular weight is 256 g/mol. The topological polar surface area (TPSA) is 61.7 Å². The third-order valence-electron chi connectivity index (χ3n) is 2.65. The molecule has 4 nitrogen and oxygen atoms in total. The summed E-state index contributed by atoms with van der Waals surface area (Å²) in [5.74, 6) is -0.207. The molecule has 0 saturated carbocycles. The summed E-state index contributed by atoms with van der Waals surface area (Å²) in [7, 11) is 0. The Kier molecular flexibility index (Phi) is 3.80. The molecule has 2 rings (SSSR count). The molecule has 19 heavy (non-hydrogen) atoms. The number of rotatable bonds is 3. The van der Waals surface area contributed by atoms with Crippen LogP contribution < -0.4 is 5.43 Å². The van der Waals surface area contributed by atoms with Gasteiger partial charge in [-0.15, -0.1) is 0 Å². The standard InChI is InChI=1S/C15H16N2O2/c1-10(2)9-16-17-15(19)13-7-11-5-3-4-6-12(11)8-14(13)18/h3-10,18H,1-2H3,(H,17,19)/b16-9+. The fraction of sp³-hybridized carbons (Fsp3) is 0.200. The van der Waals surface area contributed by atoms with E-state index in [9.17, 15) is 9.90 Å². The van der Waals surface area contributed by atoms with Gasteiger partial charge in [-0.05, 0) is 28.8 Å². The summed E-state index contributed by atoms with van der Waals surface area (Å²) in [4.78, 5) is 11.9. The quantitative estimate of drug-likeness (QED) is 0.655. The lowest BCUT2D eigenvalue weighted by atomic mass is 10.1. The largest absolute Gasteiger partial charge is 0.507 e. The van der Waals surface area contributed by atoms with Crippen molar-refractivity contribution >= 4 is 22.9 Å². The molecule has 0 saturated heterocycles. The van der Waals surface area contributed by atoms with Crippen molar-refractivity contribution in [2.45, 2.75) is 13.8 Å². The van der Waals surface area contributed by atoms with Crippen molar-refractivity contribution in [3.05, 3.63) is 42.0 Å². The summed E-state index contributed by atoms with van der Waals surface area (Å²) < 4.78 is 0. The Morgan fingerprint density at radius 1 is 1.26 bits per heavy atom. The van der Waals surface area contributed by atoms with Crippen molar-refractivity contribution in [3.63, 3.8) is 0 Å². The zero-order chi connectivity index (χ0) is 13.8. The maximum absolute atomic E-state index is 11.9. The zero-order valence-electron chi connectivity index (χ0n) is 10.9. The lowest BCUT2D eigenvalue weighted by Gasteiger charge is -2.05. The van der Waals surface area contributed by atoms with E-state index in [0.29, 0.717) is 0 Å². The Labute approximate surface area is 111 Å². The third kappa shape index (κ3) is 3.10. The number of hydrogen-bond acceptors (Lipinski definition) is 3. The van der Waals surface area contributed by atoms with E-state index in [1.54, 1.807) is 18.3 Å². The van der Waals surface area contributed by atoms with Crippen molar-refractivity contribution in [3.8, 4) is 5.75 Å². The molecule has 1 amide bonds. The number of hydrogen-bond donors (Lipinski definition) is 2. The molecule has 0 aliphatic heterocycles. The van der Waals surface area contributed by atoms with E-state index < -0.39 is 5.91 Å². The summed E-state index contributed by atoms with van der Waals surface area (Å²) in [5, 5.41) is 15.5. The second-order valence-electron chi connectivity index (χ2n) is 4.68. The Bertz CT molecular complexity index is 633. The first-order chi connectivity index (χ1) is 9.08. The van der Waals surface area contributed by atoms with Gasteiger partial charge in [-0.2, -0.15) is 5.10 Å². The van der Waals surface area contributed by atoms with Crippen LogP contribution in [0.1, 0.15) is 24.2 Å². The summed E-state index contributed by atoms with van der Waals surface area (Å²) in [6.07, 6.45) is 1.63. The Balaban J connectivity index is 2.29. The number of carbonyl (C=O) groups excluding carboxylic acids is 1. The van der Waals surface area contributed by atoms with Gasteiger partial charge >= 0.3 is 0 Å². The molecule has 4 heteroatoms. The molecule has 2 aromatic carbocycles. The number of phenolic OH excluding ortho intramolecular Hbond substituents is 1. The number of benzene rings is 2. The minimum absolute atomic E-state index is 0.0454. The molecule has 98 valence electrons. The number of aromatic hydroxyl groups is 1. The minimum atomic E-state index is -0.417. The van der Waals surface area contributed by atoms with Gasteiger partial charge < -0.3 is 5.11 Å². The molecule has 0 atom stereocenters. The van der Waals surface area contributed by atoms with Crippen molar-refractivity contribution < 1.29 is 9.90 Å². The van der Waals surface area contributed by atoms with Gasteiger partial charge in [0.15, 0.2) is 0 Å². The van der Waals surface area contributed by atoms with Crippen molar-refractivity contribution in [2.75, 3.05) is 0 Å². The molecule has 0 bridgehead atoms. The van der Waals surface area contributed by atoms with Crippen molar-refractivity contribution in [1.82, 2.24) is 5.43 Å². The molecule has 0 fully saturated rings. The van der Waals surface area contributed by atoms with E-state index in [1.807, 2.05) is 38.1 Å². The van der Waals surface area contributed by atoms with Crippen LogP contribution in [-0.4, -0.2) is 17.2 Å². The van der Waals surface area contributed by atoms with Crippen LogP contribution >= 0.6 is 0 Å². The van der Waals surface area contributed by atoms with Gasteiger partial charge in [0.05, 0.1) is 5.56 Å². The Morgan fingerprint density at radius 3 is 2.53 bits per heavy atom. The Hall–Kier alpha value is -2.36. The second-order valence-corrected chi connectivity index (χ2v) is 4.68. The third-order valence-corrected chi connectivity index (χ3v) is 2.65. The predicted octanol–water partition coefficient (Wildman–Crippen LogP) is 2.92. The second kappa shape index (κ2) is 5.52. The van der Waals surface area contributed by atoms with Crippen LogP contribution in [0.15, 0.2) is 41.5 Å². The van der Waals surface area contributed by atoms with Crippen molar-refractivity contribution in [1.29, 1.82) is 0 Å². The van der Waals surface area contributed by atoms with Crippen LogP contribution in [0.25, 0.3) is 10.8 Å². The summed E-state index contributed by atoms with van der Waals surface area (Å²) in [6, 6.07) is 10.8. The molecule has 0 radical (unpaired) electrons. The highest BCUT2D eigenvalue weighted by Gasteiger charge is 2.11. The van der Waals surface area contributed by atoms with Crippen LogP contribution in [0, 0.1) is 5.92 Å².